The van der Waals surface area contributed by atoms with Crippen LogP contribution in [-0.2, 0) is 36.0 Å². The SMILES string of the molecule is COC(=O)C=Cc1ccc2c(c1)CCC2N(CCc1c[nH]c2cc(OC)ccc12)Cc1cnn(C)c1. The molecule has 0 saturated carbocycles. The summed E-state index contributed by atoms with van der Waals surface area (Å²) in [5, 5.41) is 5.63. The molecule has 1 unspecified atom stereocenters. The lowest BCUT2D eigenvalue weighted by Gasteiger charge is -2.29. The van der Waals surface area contributed by atoms with Crippen molar-refractivity contribution in [3.63, 3.8) is 0 Å². The highest BCUT2D eigenvalue weighted by atomic mass is 16.5. The summed E-state index contributed by atoms with van der Waals surface area (Å²) in [6.45, 7) is 1.78. The van der Waals surface area contributed by atoms with Gasteiger partial charge in [-0.2, -0.15) is 5.10 Å². The normalized spacial score (nSPS) is 15.2. The van der Waals surface area contributed by atoms with Crippen molar-refractivity contribution < 1.29 is 14.3 Å². The summed E-state index contributed by atoms with van der Waals surface area (Å²) in [4.78, 5) is 17.5. The maximum absolute atomic E-state index is 11.5. The largest absolute Gasteiger partial charge is 0.497 e. The first-order chi connectivity index (χ1) is 17.5. The molecule has 1 aliphatic rings. The molecule has 0 radical (unpaired) electrons. The van der Waals surface area contributed by atoms with Crippen LogP contribution in [0.3, 0.4) is 0 Å². The molecule has 2 aromatic heterocycles. The Hall–Kier alpha value is -3.84. The number of methoxy groups -OCH3 is 2. The molecule has 5 rings (SSSR count). The Balaban J connectivity index is 1.38. The first-order valence-electron chi connectivity index (χ1n) is 12.3. The van der Waals surface area contributed by atoms with Crippen molar-refractivity contribution in [1.82, 2.24) is 19.7 Å². The standard InChI is InChI=1S/C29H32N4O3/c1-32-18-21(16-31-32)19-33(13-12-23-17-30-27-15-24(35-2)7-9-25(23)27)28-10-6-22-14-20(4-8-26(22)28)5-11-29(34)36-3/h4-5,7-9,11,14-18,28,30H,6,10,12-13,19H2,1-3H3. The molecule has 0 saturated heterocycles. The highest BCUT2D eigenvalue weighted by Gasteiger charge is 2.28. The van der Waals surface area contributed by atoms with E-state index in [0.29, 0.717) is 6.04 Å². The molecule has 7 heteroatoms. The van der Waals surface area contributed by atoms with Gasteiger partial charge in [-0.05, 0) is 59.7 Å². The van der Waals surface area contributed by atoms with E-state index in [0.717, 1.165) is 49.2 Å². The number of nitrogens with one attached hydrogen (secondary N) is 1. The summed E-state index contributed by atoms with van der Waals surface area (Å²) in [5.74, 6) is 0.518. The van der Waals surface area contributed by atoms with Gasteiger partial charge < -0.3 is 14.5 Å². The third kappa shape index (κ3) is 5.06. The van der Waals surface area contributed by atoms with Gasteiger partial charge in [-0.1, -0.05) is 18.2 Å². The van der Waals surface area contributed by atoms with Crippen molar-refractivity contribution in [2.24, 2.45) is 7.05 Å². The van der Waals surface area contributed by atoms with Crippen molar-refractivity contribution in [3.8, 4) is 5.75 Å². The number of carbonyl (C=O) groups is 1. The zero-order valence-electron chi connectivity index (χ0n) is 21.0. The molecule has 0 fully saturated rings. The van der Waals surface area contributed by atoms with Gasteiger partial charge in [-0.25, -0.2) is 4.79 Å². The molecule has 7 nitrogen and oxygen atoms in total. The third-order valence-corrected chi connectivity index (χ3v) is 7.05. The van der Waals surface area contributed by atoms with Crippen LogP contribution in [0.4, 0.5) is 0 Å². The number of carbonyl (C=O) groups excluding carboxylic acids is 1. The number of aromatic amines is 1. The molecule has 1 aliphatic carbocycles. The summed E-state index contributed by atoms with van der Waals surface area (Å²) >= 11 is 0. The zero-order valence-corrected chi connectivity index (χ0v) is 21.0. The van der Waals surface area contributed by atoms with Gasteiger partial charge in [0.1, 0.15) is 5.75 Å². The highest BCUT2D eigenvalue weighted by Crippen LogP contribution is 2.37. The van der Waals surface area contributed by atoms with Crippen molar-refractivity contribution in [2.75, 3.05) is 20.8 Å². The first-order valence-corrected chi connectivity index (χ1v) is 12.3. The molecular formula is C29H32N4O3. The maximum atomic E-state index is 11.5. The molecule has 2 aromatic carbocycles. The molecule has 186 valence electrons. The fourth-order valence-corrected chi connectivity index (χ4v) is 5.23. The minimum atomic E-state index is -0.341. The number of aromatic nitrogens is 3. The lowest BCUT2D eigenvalue weighted by atomic mass is 10.0. The number of hydrogen-bond acceptors (Lipinski definition) is 5. The maximum Gasteiger partial charge on any atom is 0.330 e. The molecule has 0 amide bonds. The van der Waals surface area contributed by atoms with Gasteiger partial charge in [0.2, 0.25) is 0 Å². The molecular weight excluding hydrogens is 452 g/mol. The van der Waals surface area contributed by atoms with E-state index in [4.69, 9.17) is 9.47 Å². The fourth-order valence-electron chi connectivity index (χ4n) is 5.23. The van der Waals surface area contributed by atoms with Gasteiger partial charge in [-0.3, -0.25) is 9.58 Å². The molecule has 36 heavy (non-hydrogen) atoms. The third-order valence-electron chi connectivity index (χ3n) is 7.05. The van der Waals surface area contributed by atoms with Crippen LogP contribution in [0, 0.1) is 0 Å². The van der Waals surface area contributed by atoms with Crippen molar-refractivity contribution in [1.29, 1.82) is 0 Å². The topological polar surface area (TPSA) is 72.4 Å². The van der Waals surface area contributed by atoms with Crippen LogP contribution in [-0.4, -0.2) is 46.4 Å². The number of rotatable bonds is 9. The minimum Gasteiger partial charge on any atom is -0.497 e. The van der Waals surface area contributed by atoms with Crippen LogP contribution in [0.1, 0.15) is 40.3 Å². The average Bonchev–Trinajstić information content (AvgIpc) is 3.62. The molecule has 1 N–H and O–H groups in total. The second kappa shape index (κ2) is 10.4. The number of nitrogens with zero attached hydrogens (tertiary/aromatic N) is 3. The van der Waals surface area contributed by atoms with E-state index in [-0.39, 0.29) is 5.97 Å². The summed E-state index contributed by atoms with van der Waals surface area (Å²) in [6, 6.07) is 13.1. The van der Waals surface area contributed by atoms with Crippen molar-refractivity contribution in [2.45, 2.75) is 31.8 Å². The second-order valence-electron chi connectivity index (χ2n) is 9.34. The highest BCUT2D eigenvalue weighted by molar-refractivity contribution is 5.87. The van der Waals surface area contributed by atoms with Gasteiger partial charge in [-0.15, -0.1) is 0 Å². The number of ether oxygens (including phenoxy) is 2. The molecule has 0 spiro atoms. The molecule has 0 bridgehead atoms. The number of fused-ring (bicyclic) bond motifs is 2. The zero-order chi connectivity index (χ0) is 25.1. The number of benzene rings is 2. The minimum absolute atomic E-state index is 0.337. The number of H-pyrrole nitrogens is 1. The predicted octanol–water partition coefficient (Wildman–Crippen LogP) is 4.83. The Labute approximate surface area is 211 Å². The van der Waals surface area contributed by atoms with E-state index >= 15 is 0 Å². The van der Waals surface area contributed by atoms with E-state index < -0.39 is 0 Å². The Morgan fingerprint density at radius 1 is 1.25 bits per heavy atom. The summed E-state index contributed by atoms with van der Waals surface area (Å²) in [7, 11) is 5.05. The number of hydrogen-bond donors (Lipinski definition) is 1. The smallest absolute Gasteiger partial charge is 0.330 e. The van der Waals surface area contributed by atoms with Gasteiger partial charge in [0.05, 0.1) is 20.4 Å². The van der Waals surface area contributed by atoms with Crippen LogP contribution in [0.15, 0.2) is 61.1 Å². The average molecular weight is 485 g/mol. The van der Waals surface area contributed by atoms with E-state index in [2.05, 4.69) is 51.6 Å². The lowest BCUT2D eigenvalue weighted by Crippen LogP contribution is -2.29. The fraction of sp³-hybridized carbons (Fsp3) is 0.310. The van der Waals surface area contributed by atoms with E-state index in [1.165, 1.54) is 40.8 Å². The van der Waals surface area contributed by atoms with Crippen LogP contribution < -0.4 is 4.74 Å². The predicted molar refractivity (Wildman–Crippen MR) is 141 cm³/mol. The quantitative estimate of drug-likeness (QED) is 0.272. The second-order valence-corrected chi connectivity index (χ2v) is 9.34. The number of esters is 1. The van der Waals surface area contributed by atoms with Crippen LogP contribution in [0.25, 0.3) is 17.0 Å². The van der Waals surface area contributed by atoms with Crippen LogP contribution in [0.2, 0.25) is 0 Å². The van der Waals surface area contributed by atoms with Gasteiger partial charge in [0.25, 0.3) is 0 Å². The summed E-state index contributed by atoms with van der Waals surface area (Å²) in [5.41, 5.74) is 7.37. The first kappa shape index (κ1) is 23.9. The van der Waals surface area contributed by atoms with Crippen LogP contribution >= 0.6 is 0 Å². The van der Waals surface area contributed by atoms with Gasteiger partial charge in [0.15, 0.2) is 0 Å². The summed E-state index contributed by atoms with van der Waals surface area (Å²) in [6.07, 6.45) is 12.5. The molecule has 1 atom stereocenters. The van der Waals surface area contributed by atoms with Gasteiger partial charge >= 0.3 is 5.97 Å². The Morgan fingerprint density at radius 3 is 2.92 bits per heavy atom. The Kier molecular flexibility index (Phi) is 6.91. The Bertz CT molecular complexity index is 1400. The molecule has 2 heterocycles. The van der Waals surface area contributed by atoms with Crippen molar-refractivity contribution in [3.05, 3.63) is 88.9 Å². The molecule has 0 aliphatic heterocycles. The van der Waals surface area contributed by atoms with E-state index in [1.807, 2.05) is 36.1 Å². The van der Waals surface area contributed by atoms with E-state index in [9.17, 15) is 4.79 Å². The lowest BCUT2D eigenvalue weighted by molar-refractivity contribution is -0.134. The monoisotopic (exact) mass is 484 g/mol. The van der Waals surface area contributed by atoms with Gasteiger partial charge in [0, 0.05) is 67.2 Å². The van der Waals surface area contributed by atoms with E-state index in [1.54, 1.807) is 7.11 Å². The van der Waals surface area contributed by atoms with Crippen LogP contribution in [0.5, 0.6) is 5.75 Å². The summed E-state index contributed by atoms with van der Waals surface area (Å²) < 4.78 is 12.0. The Morgan fingerprint density at radius 2 is 2.14 bits per heavy atom. The number of aryl methyl sites for hydroxylation is 2. The molecule has 4 aromatic rings. The van der Waals surface area contributed by atoms with Crippen molar-refractivity contribution >= 4 is 22.9 Å².